The molecule has 0 saturated heterocycles. The summed E-state index contributed by atoms with van der Waals surface area (Å²) in [6.45, 7) is 2.56. The van der Waals surface area contributed by atoms with Gasteiger partial charge in [-0.15, -0.1) is 10.2 Å². The minimum Gasteiger partial charge on any atom is -0.354 e. The van der Waals surface area contributed by atoms with E-state index in [9.17, 15) is 4.39 Å². The van der Waals surface area contributed by atoms with Crippen LogP contribution in [0.5, 0.6) is 0 Å². The van der Waals surface area contributed by atoms with E-state index in [2.05, 4.69) is 36.4 Å². The Morgan fingerprint density at radius 1 is 1.27 bits per heavy atom. The first-order valence-corrected chi connectivity index (χ1v) is 8.18. The molecule has 0 atom stereocenters. The van der Waals surface area contributed by atoms with E-state index in [1.165, 1.54) is 17.4 Å². The van der Waals surface area contributed by atoms with Gasteiger partial charge in [-0.25, -0.2) is 4.39 Å². The van der Waals surface area contributed by atoms with E-state index < -0.39 is 0 Å². The molecule has 2 heterocycles. The third kappa shape index (κ3) is 3.31. The number of hydrogen-bond donors (Lipinski definition) is 1. The van der Waals surface area contributed by atoms with Crippen molar-refractivity contribution >= 4 is 32.4 Å². The molecule has 0 aliphatic rings. The second-order valence-electron chi connectivity index (χ2n) is 4.66. The van der Waals surface area contributed by atoms with Gasteiger partial charge in [-0.3, -0.25) is 4.98 Å². The van der Waals surface area contributed by atoms with E-state index in [4.69, 9.17) is 0 Å². The van der Waals surface area contributed by atoms with E-state index in [-0.39, 0.29) is 5.82 Å². The van der Waals surface area contributed by atoms with Gasteiger partial charge in [0, 0.05) is 16.2 Å². The monoisotopic (exact) mass is 378 g/mol. The lowest BCUT2D eigenvalue weighted by Gasteiger charge is -2.04. The van der Waals surface area contributed by atoms with Crippen LogP contribution in [0.3, 0.4) is 0 Å². The minimum atomic E-state index is -0.313. The van der Waals surface area contributed by atoms with Gasteiger partial charge in [-0.2, -0.15) is 0 Å². The quantitative estimate of drug-likeness (QED) is 0.729. The smallest absolute Gasteiger partial charge is 0.206 e. The van der Waals surface area contributed by atoms with Gasteiger partial charge in [0.05, 0.1) is 12.2 Å². The Morgan fingerprint density at radius 2 is 2.14 bits per heavy atom. The normalized spacial score (nSPS) is 10.7. The van der Waals surface area contributed by atoms with Crippen LogP contribution in [-0.2, 0) is 6.54 Å². The summed E-state index contributed by atoms with van der Waals surface area (Å²) in [5, 5.41) is 12.5. The Morgan fingerprint density at radius 3 is 2.95 bits per heavy atom. The lowest BCUT2D eigenvalue weighted by molar-refractivity contribution is 0.630. The molecule has 2 aromatic heterocycles. The Balaban J connectivity index is 1.77. The molecule has 0 bridgehead atoms. The summed E-state index contributed by atoms with van der Waals surface area (Å²) in [6.07, 6.45) is 1.76. The van der Waals surface area contributed by atoms with Gasteiger partial charge in [-0.1, -0.05) is 33.3 Å². The van der Waals surface area contributed by atoms with Crippen molar-refractivity contribution in [3.63, 3.8) is 0 Å². The highest BCUT2D eigenvalue weighted by atomic mass is 79.9. The van der Waals surface area contributed by atoms with E-state index in [0.29, 0.717) is 22.2 Å². The third-order valence-corrected chi connectivity index (χ3v) is 4.52. The maximum absolute atomic E-state index is 13.9. The first-order chi connectivity index (χ1) is 10.6. The summed E-state index contributed by atoms with van der Waals surface area (Å²) in [5.74, 6) is -0.313. The molecule has 0 saturated carbocycles. The molecule has 3 rings (SSSR count). The fourth-order valence-electron chi connectivity index (χ4n) is 1.93. The van der Waals surface area contributed by atoms with Crippen LogP contribution in [0.25, 0.3) is 10.6 Å². The topological polar surface area (TPSA) is 50.7 Å². The zero-order chi connectivity index (χ0) is 15.5. The van der Waals surface area contributed by atoms with Gasteiger partial charge >= 0.3 is 0 Å². The van der Waals surface area contributed by atoms with Crippen LogP contribution in [-0.4, -0.2) is 15.2 Å². The van der Waals surface area contributed by atoms with Crippen LogP contribution in [0.15, 0.2) is 41.0 Å². The number of nitrogens with zero attached hydrogens (tertiary/aromatic N) is 3. The van der Waals surface area contributed by atoms with Gasteiger partial charge in [0.15, 0.2) is 5.01 Å². The second kappa shape index (κ2) is 6.50. The van der Waals surface area contributed by atoms with Crippen LogP contribution < -0.4 is 5.32 Å². The predicted molar refractivity (Wildman–Crippen MR) is 89.3 cm³/mol. The van der Waals surface area contributed by atoms with Crippen LogP contribution in [0.1, 0.15) is 11.3 Å². The average Bonchev–Trinajstić information content (AvgIpc) is 2.98. The molecule has 0 amide bonds. The van der Waals surface area contributed by atoms with Crippen molar-refractivity contribution in [2.75, 3.05) is 5.32 Å². The molecule has 112 valence electrons. The highest BCUT2D eigenvalue weighted by Gasteiger charge is 2.12. The van der Waals surface area contributed by atoms with E-state index >= 15 is 0 Å². The third-order valence-electron chi connectivity index (χ3n) is 3.11. The summed E-state index contributed by atoms with van der Waals surface area (Å²) in [6, 6.07) is 8.67. The Kier molecular flexibility index (Phi) is 4.44. The summed E-state index contributed by atoms with van der Waals surface area (Å²) < 4.78 is 14.7. The molecule has 7 heteroatoms. The van der Waals surface area contributed by atoms with Crippen LogP contribution in [0.4, 0.5) is 9.52 Å². The second-order valence-corrected chi connectivity index (χ2v) is 6.55. The van der Waals surface area contributed by atoms with Crippen molar-refractivity contribution in [1.82, 2.24) is 15.2 Å². The molecule has 0 fully saturated rings. The van der Waals surface area contributed by atoms with Crippen LogP contribution in [0, 0.1) is 12.7 Å². The molecule has 0 unspecified atom stereocenters. The summed E-state index contributed by atoms with van der Waals surface area (Å²) in [5.41, 5.74) is 2.50. The minimum absolute atomic E-state index is 0.313. The average molecular weight is 379 g/mol. The van der Waals surface area contributed by atoms with Crippen molar-refractivity contribution in [2.24, 2.45) is 0 Å². The van der Waals surface area contributed by atoms with E-state index in [1.54, 1.807) is 18.3 Å². The number of pyridine rings is 1. The van der Waals surface area contributed by atoms with Crippen molar-refractivity contribution < 1.29 is 4.39 Å². The molecule has 1 N–H and O–H groups in total. The first kappa shape index (κ1) is 15.1. The fraction of sp³-hybridized carbons (Fsp3) is 0.133. The number of rotatable bonds is 4. The number of aromatic nitrogens is 3. The summed E-state index contributed by atoms with van der Waals surface area (Å²) in [7, 11) is 0. The zero-order valence-electron chi connectivity index (χ0n) is 11.7. The van der Waals surface area contributed by atoms with Gasteiger partial charge in [0.1, 0.15) is 5.82 Å². The first-order valence-electron chi connectivity index (χ1n) is 6.57. The SMILES string of the molecule is Cc1cccnc1CNc1nnc(-c2cc(Br)ccc2F)s1. The Bertz CT molecular complexity index is 806. The van der Waals surface area contributed by atoms with Crippen LogP contribution >= 0.6 is 27.3 Å². The van der Waals surface area contributed by atoms with Crippen molar-refractivity contribution in [2.45, 2.75) is 13.5 Å². The molecule has 1 aromatic carbocycles. The summed E-state index contributed by atoms with van der Waals surface area (Å²) >= 11 is 4.65. The number of aryl methyl sites for hydroxylation is 1. The highest BCUT2D eigenvalue weighted by molar-refractivity contribution is 9.10. The molecular formula is C15H12BrFN4S. The van der Waals surface area contributed by atoms with E-state index in [1.807, 2.05) is 19.1 Å². The lowest BCUT2D eigenvalue weighted by atomic mass is 10.2. The maximum atomic E-state index is 13.9. The maximum Gasteiger partial charge on any atom is 0.206 e. The Labute approximate surface area is 139 Å². The van der Waals surface area contributed by atoms with Crippen LogP contribution in [0.2, 0.25) is 0 Å². The number of hydrogen-bond acceptors (Lipinski definition) is 5. The predicted octanol–water partition coefficient (Wildman–Crippen LogP) is 4.42. The van der Waals surface area contributed by atoms with Gasteiger partial charge in [0.25, 0.3) is 0 Å². The molecule has 0 aliphatic heterocycles. The molecule has 4 nitrogen and oxygen atoms in total. The molecule has 0 aliphatic carbocycles. The Hall–Kier alpha value is -1.86. The highest BCUT2D eigenvalue weighted by Crippen LogP contribution is 2.30. The molecule has 0 radical (unpaired) electrons. The zero-order valence-corrected chi connectivity index (χ0v) is 14.1. The standard InChI is InChI=1S/C15H12BrFN4S/c1-9-3-2-6-18-13(9)8-19-15-21-20-14(22-15)11-7-10(16)4-5-12(11)17/h2-7H,8H2,1H3,(H,19,21). The fourth-order valence-corrected chi connectivity index (χ4v) is 3.05. The number of nitrogens with one attached hydrogen (secondary N) is 1. The number of anilines is 1. The number of halogens is 2. The molecular weight excluding hydrogens is 367 g/mol. The summed E-state index contributed by atoms with van der Waals surface area (Å²) in [4.78, 5) is 4.31. The van der Waals surface area contributed by atoms with Crippen molar-refractivity contribution in [3.05, 3.63) is 58.1 Å². The van der Waals surface area contributed by atoms with Crippen molar-refractivity contribution in [3.8, 4) is 10.6 Å². The van der Waals surface area contributed by atoms with Gasteiger partial charge in [0.2, 0.25) is 5.13 Å². The largest absolute Gasteiger partial charge is 0.354 e. The van der Waals surface area contributed by atoms with Gasteiger partial charge < -0.3 is 5.32 Å². The molecule has 3 aromatic rings. The number of benzene rings is 1. The molecule has 22 heavy (non-hydrogen) atoms. The van der Waals surface area contributed by atoms with Gasteiger partial charge in [-0.05, 0) is 36.8 Å². The molecule has 0 spiro atoms. The van der Waals surface area contributed by atoms with Crippen molar-refractivity contribution in [1.29, 1.82) is 0 Å². The van der Waals surface area contributed by atoms with E-state index in [0.717, 1.165) is 15.7 Å². The lowest BCUT2D eigenvalue weighted by Crippen LogP contribution is -2.03.